The Morgan fingerprint density at radius 3 is 2.18 bits per heavy atom. The molecule has 0 fully saturated rings. The Bertz CT molecular complexity index is 823. The number of hydrogen-bond acceptors (Lipinski definition) is 5. The summed E-state index contributed by atoms with van der Waals surface area (Å²) in [7, 11) is 1.63. The van der Waals surface area contributed by atoms with E-state index in [2.05, 4.69) is 34.5 Å². The lowest BCUT2D eigenvalue weighted by Gasteiger charge is -2.28. The summed E-state index contributed by atoms with van der Waals surface area (Å²) in [5, 5.41) is 17.7. The highest BCUT2D eigenvalue weighted by Crippen LogP contribution is 2.19. The van der Waals surface area contributed by atoms with E-state index in [1.54, 1.807) is 7.11 Å². The van der Waals surface area contributed by atoms with Gasteiger partial charge >= 0.3 is 11.9 Å². The monoisotopic (exact) mass is 386 g/mol. The number of carboxylic acids is 2. The number of nitrogens with one attached hydrogen (secondary N) is 1. The topological polar surface area (TPSA) is 116 Å². The van der Waals surface area contributed by atoms with Crippen molar-refractivity contribution in [1.29, 1.82) is 0 Å². The molecule has 2 aromatic rings. The summed E-state index contributed by atoms with van der Waals surface area (Å²) in [4.78, 5) is 32.5. The number of carbonyl (C=O) groups is 3. The third kappa shape index (κ3) is 6.40. The van der Waals surface area contributed by atoms with Crippen LogP contribution in [0.1, 0.15) is 11.1 Å². The summed E-state index contributed by atoms with van der Waals surface area (Å²) in [5.74, 6) is -2.85. The minimum absolute atomic E-state index is 0.0181. The van der Waals surface area contributed by atoms with Crippen LogP contribution in [-0.2, 0) is 27.3 Å². The molecule has 148 valence electrons. The predicted octanol–water partition coefficient (Wildman–Crippen LogP) is 1.85. The number of carboxylic acid groups (broad SMARTS) is 2. The highest BCUT2D eigenvalue weighted by molar-refractivity contribution is 6.27. The van der Waals surface area contributed by atoms with Gasteiger partial charge in [0.05, 0.1) is 13.7 Å². The second kappa shape index (κ2) is 10.1. The van der Waals surface area contributed by atoms with Crippen molar-refractivity contribution < 1.29 is 29.3 Å². The molecular formula is C20H22N2O6. The predicted molar refractivity (Wildman–Crippen MR) is 102 cm³/mol. The third-order valence-electron chi connectivity index (χ3n) is 4.13. The molecule has 28 heavy (non-hydrogen) atoms. The van der Waals surface area contributed by atoms with Gasteiger partial charge < -0.3 is 20.3 Å². The number of rotatable bonds is 4. The number of aliphatic carboxylic acids is 2. The number of nitrogens with zero attached hydrogens (tertiary/aromatic N) is 1. The smallest absolute Gasteiger partial charge is 0.414 e. The van der Waals surface area contributed by atoms with Gasteiger partial charge in [0.25, 0.3) is 0 Å². The lowest BCUT2D eigenvalue weighted by molar-refractivity contribution is -0.159. The van der Waals surface area contributed by atoms with Crippen LogP contribution >= 0.6 is 0 Å². The van der Waals surface area contributed by atoms with Gasteiger partial charge in [0.15, 0.2) is 0 Å². The van der Waals surface area contributed by atoms with Gasteiger partial charge in [0, 0.05) is 18.8 Å². The summed E-state index contributed by atoms with van der Waals surface area (Å²) in [6, 6.07) is 15.8. The Hall–Kier alpha value is -3.39. The van der Waals surface area contributed by atoms with Crippen LogP contribution < -0.4 is 10.1 Å². The van der Waals surface area contributed by atoms with Crippen molar-refractivity contribution in [2.45, 2.75) is 13.0 Å². The molecule has 0 saturated carbocycles. The molecule has 1 amide bonds. The minimum Gasteiger partial charge on any atom is -0.497 e. The molecule has 1 aliphatic rings. The zero-order valence-corrected chi connectivity index (χ0v) is 15.4. The van der Waals surface area contributed by atoms with E-state index in [4.69, 9.17) is 24.5 Å². The zero-order valence-electron chi connectivity index (χ0n) is 15.4. The first kappa shape index (κ1) is 20.9. The largest absolute Gasteiger partial charge is 0.497 e. The normalized spacial score (nSPS) is 12.8. The molecule has 0 aromatic heterocycles. The van der Waals surface area contributed by atoms with Crippen LogP contribution in [0.2, 0.25) is 0 Å². The van der Waals surface area contributed by atoms with Crippen LogP contribution in [0.15, 0.2) is 48.5 Å². The van der Waals surface area contributed by atoms with Crippen LogP contribution in [-0.4, -0.2) is 53.2 Å². The maximum absolute atomic E-state index is 12.2. The van der Waals surface area contributed by atoms with Crippen LogP contribution in [0.5, 0.6) is 5.75 Å². The molecule has 1 aliphatic heterocycles. The molecule has 0 bridgehead atoms. The molecule has 1 heterocycles. The highest BCUT2D eigenvalue weighted by Gasteiger charge is 2.17. The zero-order chi connectivity index (χ0) is 20.5. The van der Waals surface area contributed by atoms with Crippen LogP contribution in [0.3, 0.4) is 0 Å². The fourth-order valence-electron chi connectivity index (χ4n) is 2.77. The molecule has 0 saturated heterocycles. The average molecular weight is 386 g/mol. The summed E-state index contributed by atoms with van der Waals surface area (Å²) in [6.07, 6.45) is 1.01. The van der Waals surface area contributed by atoms with Crippen LogP contribution in [0.25, 0.3) is 0 Å². The summed E-state index contributed by atoms with van der Waals surface area (Å²) < 4.78 is 5.11. The van der Waals surface area contributed by atoms with Gasteiger partial charge in [0.2, 0.25) is 5.91 Å². The van der Waals surface area contributed by atoms with E-state index in [0.717, 1.165) is 30.9 Å². The molecule has 3 rings (SSSR count). The van der Waals surface area contributed by atoms with Crippen molar-refractivity contribution in [2.75, 3.05) is 25.5 Å². The van der Waals surface area contributed by atoms with E-state index in [9.17, 15) is 4.79 Å². The number of methoxy groups -OCH3 is 1. The van der Waals surface area contributed by atoms with E-state index in [0.29, 0.717) is 6.54 Å². The second-order valence-electron chi connectivity index (χ2n) is 6.12. The van der Waals surface area contributed by atoms with Gasteiger partial charge in [-0.1, -0.05) is 24.3 Å². The van der Waals surface area contributed by atoms with Crippen molar-refractivity contribution in [3.8, 4) is 5.75 Å². The Labute approximate surface area is 162 Å². The molecule has 8 heteroatoms. The van der Waals surface area contributed by atoms with E-state index in [-0.39, 0.29) is 5.91 Å². The van der Waals surface area contributed by atoms with Gasteiger partial charge in [0.1, 0.15) is 5.75 Å². The molecular weight excluding hydrogens is 364 g/mol. The van der Waals surface area contributed by atoms with Gasteiger partial charge in [-0.05, 0) is 41.8 Å². The molecule has 0 atom stereocenters. The fraction of sp³-hybridized carbons (Fsp3) is 0.250. The molecule has 0 radical (unpaired) electrons. The fourth-order valence-corrected chi connectivity index (χ4v) is 2.77. The van der Waals surface area contributed by atoms with E-state index < -0.39 is 11.9 Å². The quantitative estimate of drug-likeness (QED) is 0.687. The van der Waals surface area contributed by atoms with E-state index >= 15 is 0 Å². The number of fused-ring (bicyclic) bond motifs is 1. The standard InChI is InChI=1S/C18H20N2O2.C2H2O4/c1-22-17-8-6-16(7-9-17)19-18(21)13-20-11-10-14-4-2-3-5-15(14)12-20;3-1(4)2(5)6/h2-9H,10-13H2,1H3,(H,19,21);(H,3,4)(H,5,6). The number of ether oxygens (including phenoxy) is 1. The first-order valence-electron chi connectivity index (χ1n) is 8.58. The van der Waals surface area contributed by atoms with Crippen molar-refractivity contribution >= 4 is 23.5 Å². The Kier molecular flexibility index (Phi) is 7.53. The highest BCUT2D eigenvalue weighted by atomic mass is 16.5. The SMILES string of the molecule is COc1ccc(NC(=O)CN2CCc3ccccc3C2)cc1.O=C(O)C(=O)O. The van der Waals surface area contributed by atoms with Gasteiger partial charge in [-0.2, -0.15) is 0 Å². The number of amides is 1. The number of hydrogen-bond donors (Lipinski definition) is 3. The van der Waals surface area contributed by atoms with Gasteiger partial charge in [-0.25, -0.2) is 9.59 Å². The van der Waals surface area contributed by atoms with Crippen molar-refractivity contribution in [2.24, 2.45) is 0 Å². The Morgan fingerprint density at radius 2 is 1.61 bits per heavy atom. The average Bonchev–Trinajstić information content (AvgIpc) is 2.69. The van der Waals surface area contributed by atoms with Gasteiger partial charge in [-0.15, -0.1) is 0 Å². The van der Waals surface area contributed by atoms with Crippen molar-refractivity contribution in [3.63, 3.8) is 0 Å². The first-order valence-corrected chi connectivity index (χ1v) is 8.58. The lowest BCUT2D eigenvalue weighted by Crippen LogP contribution is -2.37. The molecule has 3 N–H and O–H groups in total. The molecule has 0 unspecified atom stereocenters. The second-order valence-corrected chi connectivity index (χ2v) is 6.12. The van der Waals surface area contributed by atoms with Gasteiger partial charge in [-0.3, -0.25) is 9.69 Å². The Balaban J connectivity index is 0.000000409. The molecule has 0 aliphatic carbocycles. The molecule has 8 nitrogen and oxygen atoms in total. The minimum atomic E-state index is -1.82. The first-order chi connectivity index (χ1) is 13.4. The lowest BCUT2D eigenvalue weighted by atomic mass is 10.00. The summed E-state index contributed by atoms with van der Waals surface area (Å²) in [5.41, 5.74) is 3.52. The number of anilines is 1. The third-order valence-corrected chi connectivity index (χ3v) is 4.13. The van der Waals surface area contributed by atoms with E-state index in [1.165, 1.54) is 11.1 Å². The van der Waals surface area contributed by atoms with Crippen LogP contribution in [0, 0.1) is 0 Å². The van der Waals surface area contributed by atoms with Crippen LogP contribution in [0.4, 0.5) is 5.69 Å². The molecule has 0 spiro atoms. The Morgan fingerprint density at radius 1 is 1.00 bits per heavy atom. The van der Waals surface area contributed by atoms with Crippen molar-refractivity contribution in [1.82, 2.24) is 4.90 Å². The number of benzene rings is 2. The maximum Gasteiger partial charge on any atom is 0.414 e. The maximum atomic E-state index is 12.2. The molecule has 2 aromatic carbocycles. The number of carbonyl (C=O) groups excluding carboxylic acids is 1. The summed E-state index contributed by atoms with van der Waals surface area (Å²) >= 11 is 0. The van der Waals surface area contributed by atoms with E-state index in [1.807, 2.05) is 24.3 Å². The van der Waals surface area contributed by atoms with Crippen molar-refractivity contribution in [3.05, 3.63) is 59.7 Å². The summed E-state index contributed by atoms with van der Waals surface area (Å²) in [6.45, 7) is 2.18.